The second kappa shape index (κ2) is 7.59. The summed E-state index contributed by atoms with van der Waals surface area (Å²) in [6, 6.07) is 13.3. The van der Waals surface area contributed by atoms with E-state index in [2.05, 4.69) is 5.32 Å². The van der Waals surface area contributed by atoms with E-state index in [1.165, 1.54) is 11.3 Å². The van der Waals surface area contributed by atoms with Gasteiger partial charge in [0.25, 0.3) is 5.91 Å². The normalized spacial score (nSPS) is 20.6. The molecule has 2 atom stereocenters. The molecule has 2 amide bonds. The van der Waals surface area contributed by atoms with Crippen LogP contribution in [0.2, 0.25) is 0 Å². The second-order valence-electron chi connectivity index (χ2n) is 5.78. The van der Waals surface area contributed by atoms with Crippen molar-refractivity contribution in [2.45, 2.75) is 19.1 Å². The SMILES string of the molecule is C[C@H]1CN(C(=O)CNC(=O)c2cccs2)[C@@H](c2ccccc2)CO1. The van der Waals surface area contributed by atoms with Gasteiger partial charge in [0, 0.05) is 6.54 Å². The number of nitrogens with zero attached hydrogens (tertiary/aromatic N) is 1. The number of nitrogens with one attached hydrogen (secondary N) is 1. The molecule has 0 radical (unpaired) electrons. The van der Waals surface area contributed by atoms with Crippen molar-refractivity contribution in [3.63, 3.8) is 0 Å². The van der Waals surface area contributed by atoms with Gasteiger partial charge in [0.1, 0.15) is 0 Å². The van der Waals surface area contributed by atoms with E-state index in [4.69, 9.17) is 4.74 Å². The Bertz CT molecular complexity index is 688. The maximum Gasteiger partial charge on any atom is 0.261 e. The number of carbonyl (C=O) groups is 2. The van der Waals surface area contributed by atoms with Crippen molar-refractivity contribution < 1.29 is 14.3 Å². The van der Waals surface area contributed by atoms with E-state index in [0.717, 1.165) is 5.56 Å². The van der Waals surface area contributed by atoms with Gasteiger partial charge in [-0.3, -0.25) is 9.59 Å². The molecule has 1 aliphatic rings. The molecule has 0 spiro atoms. The highest BCUT2D eigenvalue weighted by Crippen LogP contribution is 2.26. The molecule has 5 nitrogen and oxygen atoms in total. The molecule has 1 N–H and O–H groups in total. The van der Waals surface area contributed by atoms with E-state index in [1.54, 1.807) is 11.0 Å². The summed E-state index contributed by atoms with van der Waals surface area (Å²) in [5.74, 6) is -0.306. The monoisotopic (exact) mass is 344 g/mol. The number of benzene rings is 1. The molecule has 24 heavy (non-hydrogen) atoms. The van der Waals surface area contributed by atoms with E-state index < -0.39 is 0 Å². The Balaban J connectivity index is 1.67. The molecule has 0 saturated carbocycles. The van der Waals surface area contributed by atoms with Gasteiger partial charge in [-0.15, -0.1) is 11.3 Å². The fraction of sp³-hybridized carbons (Fsp3) is 0.333. The van der Waals surface area contributed by atoms with Crippen LogP contribution in [0.5, 0.6) is 0 Å². The number of hydrogen-bond donors (Lipinski definition) is 1. The van der Waals surface area contributed by atoms with Gasteiger partial charge in [-0.1, -0.05) is 36.4 Å². The van der Waals surface area contributed by atoms with E-state index in [9.17, 15) is 9.59 Å². The molecule has 6 heteroatoms. The number of carbonyl (C=O) groups excluding carboxylic acids is 2. The maximum absolute atomic E-state index is 12.7. The Kier molecular flexibility index (Phi) is 5.27. The third-order valence-electron chi connectivity index (χ3n) is 4.02. The molecular weight excluding hydrogens is 324 g/mol. The summed E-state index contributed by atoms with van der Waals surface area (Å²) in [6.45, 7) is 2.93. The van der Waals surface area contributed by atoms with Crippen LogP contribution in [0.4, 0.5) is 0 Å². The van der Waals surface area contributed by atoms with Crippen LogP contribution in [0.1, 0.15) is 28.2 Å². The summed E-state index contributed by atoms with van der Waals surface area (Å²) in [5, 5.41) is 4.55. The van der Waals surface area contributed by atoms with Gasteiger partial charge in [0.15, 0.2) is 0 Å². The first-order chi connectivity index (χ1) is 11.6. The van der Waals surface area contributed by atoms with Crippen molar-refractivity contribution in [1.82, 2.24) is 10.2 Å². The summed E-state index contributed by atoms with van der Waals surface area (Å²) in [6.07, 6.45) is -0.0121. The molecule has 3 rings (SSSR count). The summed E-state index contributed by atoms with van der Waals surface area (Å²) in [5.41, 5.74) is 1.04. The quantitative estimate of drug-likeness (QED) is 0.927. The van der Waals surface area contributed by atoms with Crippen molar-refractivity contribution in [3.8, 4) is 0 Å². The van der Waals surface area contributed by atoms with E-state index in [1.807, 2.05) is 48.7 Å². The molecular formula is C18H20N2O3S. The molecule has 126 valence electrons. The van der Waals surface area contributed by atoms with Crippen molar-refractivity contribution in [2.24, 2.45) is 0 Å². The van der Waals surface area contributed by atoms with Gasteiger partial charge in [0.05, 0.1) is 30.2 Å². The Labute approximate surface area is 145 Å². The fourth-order valence-corrected chi connectivity index (χ4v) is 3.42. The standard InChI is InChI=1S/C18H20N2O3S/c1-13-11-20(15(12-23-13)14-6-3-2-4-7-14)17(21)10-19-18(22)16-8-5-9-24-16/h2-9,13,15H,10-12H2,1H3,(H,19,22)/t13-,15+/m0/s1. The molecule has 1 aromatic heterocycles. The lowest BCUT2D eigenvalue weighted by Gasteiger charge is -2.39. The zero-order valence-electron chi connectivity index (χ0n) is 13.5. The lowest BCUT2D eigenvalue weighted by molar-refractivity contribution is -0.143. The average Bonchev–Trinajstić information content (AvgIpc) is 3.15. The molecule has 0 bridgehead atoms. The van der Waals surface area contributed by atoms with Crippen LogP contribution in [0.15, 0.2) is 47.8 Å². The van der Waals surface area contributed by atoms with Crippen LogP contribution in [0.3, 0.4) is 0 Å². The number of thiophene rings is 1. The number of rotatable bonds is 4. The van der Waals surface area contributed by atoms with Crippen molar-refractivity contribution in [2.75, 3.05) is 19.7 Å². The molecule has 1 aliphatic heterocycles. The van der Waals surface area contributed by atoms with Crippen molar-refractivity contribution in [3.05, 3.63) is 58.3 Å². The van der Waals surface area contributed by atoms with Crippen LogP contribution in [-0.4, -0.2) is 42.5 Å². The summed E-state index contributed by atoms with van der Waals surface area (Å²) < 4.78 is 5.73. The summed E-state index contributed by atoms with van der Waals surface area (Å²) >= 11 is 1.36. The maximum atomic E-state index is 12.7. The Morgan fingerprint density at radius 1 is 1.25 bits per heavy atom. The largest absolute Gasteiger partial charge is 0.374 e. The predicted octanol–water partition coefficient (Wildman–Crippen LogP) is 2.47. The smallest absolute Gasteiger partial charge is 0.261 e. The van der Waals surface area contributed by atoms with Crippen LogP contribution in [0.25, 0.3) is 0 Å². The lowest BCUT2D eigenvalue weighted by Crippen LogP contribution is -2.50. The zero-order valence-corrected chi connectivity index (χ0v) is 14.3. The van der Waals surface area contributed by atoms with Crippen LogP contribution >= 0.6 is 11.3 Å². The van der Waals surface area contributed by atoms with E-state index in [-0.39, 0.29) is 30.5 Å². The topological polar surface area (TPSA) is 58.6 Å². The minimum Gasteiger partial charge on any atom is -0.374 e. The third kappa shape index (κ3) is 3.83. The first kappa shape index (κ1) is 16.7. The molecule has 1 fully saturated rings. The van der Waals surface area contributed by atoms with Crippen LogP contribution in [-0.2, 0) is 9.53 Å². The predicted molar refractivity (Wildman–Crippen MR) is 93.0 cm³/mol. The first-order valence-electron chi connectivity index (χ1n) is 7.93. The van der Waals surface area contributed by atoms with Gasteiger partial charge in [-0.05, 0) is 23.9 Å². The van der Waals surface area contributed by atoms with Gasteiger partial charge in [0.2, 0.25) is 5.91 Å². The van der Waals surface area contributed by atoms with Gasteiger partial charge in [-0.2, -0.15) is 0 Å². The molecule has 2 aromatic rings. The number of morpholine rings is 1. The van der Waals surface area contributed by atoms with Crippen molar-refractivity contribution in [1.29, 1.82) is 0 Å². The Hall–Kier alpha value is -2.18. The molecule has 0 unspecified atom stereocenters. The minimum absolute atomic E-state index is 0.00716. The highest BCUT2D eigenvalue weighted by atomic mass is 32.1. The Morgan fingerprint density at radius 3 is 2.75 bits per heavy atom. The number of ether oxygens (including phenoxy) is 1. The molecule has 1 saturated heterocycles. The number of hydrogen-bond acceptors (Lipinski definition) is 4. The van der Waals surface area contributed by atoms with Gasteiger partial charge in [-0.25, -0.2) is 0 Å². The lowest BCUT2D eigenvalue weighted by atomic mass is 10.0. The fourth-order valence-electron chi connectivity index (χ4n) is 2.78. The highest BCUT2D eigenvalue weighted by Gasteiger charge is 2.31. The third-order valence-corrected chi connectivity index (χ3v) is 4.89. The minimum atomic E-state index is -0.212. The molecule has 1 aromatic carbocycles. The zero-order chi connectivity index (χ0) is 16.9. The summed E-state index contributed by atoms with van der Waals surface area (Å²) in [4.78, 5) is 27.1. The van der Waals surface area contributed by atoms with Crippen LogP contribution in [0, 0.1) is 0 Å². The summed E-state index contributed by atoms with van der Waals surface area (Å²) in [7, 11) is 0. The van der Waals surface area contributed by atoms with Crippen molar-refractivity contribution >= 4 is 23.2 Å². The van der Waals surface area contributed by atoms with Crippen LogP contribution < -0.4 is 5.32 Å². The Morgan fingerprint density at radius 2 is 2.04 bits per heavy atom. The molecule has 2 heterocycles. The first-order valence-corrected chi connectivity index (χ1v) is 8.81. The van der Waals surface area contributed by atoms with Gasteiger partial charge >= 0.3 is 0 Å². The second-order valence-corrected chi connectivity index (χ2v) is 6.72. The average molecular weight is 344 g/mol. The molecule has 0 aliphatic carbocycles. The van der Waals surface area contributed by atoms with E-state index in [0.29, 0.717) is 18.0 Å². The van der Waals surface area contributed by atoms with Gasteiger partial charge < -0.3 is 15.0 Å². The number of amides is 2. The highest BCUT2D eigenvalue weighted by molar-refractivity contribution is 7.12. The van der Waals surface area contributed by atoms with E-state index >= 15 is 0 Å².